The lowest BCUT2D eigenvalue weighted by Crippen LogP contribution is -2.23. The van der Waals surface area contributed by atoms with Crippen LogP contribution in [0.4, 0.5) is 11.4 Å². The number of hydrogen-bond acceptors (Lipinski definition) is 8. The molecule has 0 fully saturated rings. The van der Waals surface area contributed by atoms with Gasteiger partial charge in [-0.15, -0.1) is 5.10 Å². The lowest BCUT2D eigenvalue weighted by atomic mass is 10.2. The first-order valence-electron chi connectivity index (χ1n) is 8.04. The summed E-state index contributed by atoms with van der Waals surface area (Å²) >= 11 is 0. The van der Waals surface area contributed by atoms with Gasteiger partial charge in [0, 0.05) is 6.07 Å². The quantitative estimate of drug-likeness (QED) is 0.367. The summed E-state index contributed by atoms with van der Waals surface area (Å²) in [6, 6.07) is 10.8. The number of carbonyl (C=O) groups excluding carboxylic acids is 2. The van der Waals surface area contributed by atoms with Crippen molar-refractivity contribution in [3.05, 3.63) is 52.6 Å². The molecule has 0 spiro atoms. The molecular weight excluding hydrogens is 370 g/mol. The second-order valence-electron chi connectivity index (χ2n) is 5.59. The summed E-state index contributed by atoms with van der Waals surface area (Å²) < 4.78 is 11.3. The summed E-state index contributed by atoms with van der Waals surface area (Å²) in [5.41, 5.74) is 1.34. The molecule has 28 heavy (non-hydrogen) atoms. The average molecular weight is 385 g/mol. The number of hydrogen-bond donors (Lipinski definition) is 1. The number of nitro benzene ring substituents is 1. The van der Waals surface area contributed by atoms with Gasteiger partial charge in [0.25, 0.3) is 11.6 Å². The Balaban J connectivity index is 1.57. The largest absolute Gasteiger partial charge is 0.494 e. The Morgan fingerprint density at radius 3 is 2.79 bits per heavy atom. The maximum atomic E-state index is 12.0. The van der Waals surface area contributed by atoms with Crippen LogP contribution in [-0.2, 0) is 20.9 Å². The number of ether oxygens (including phenoxy) is 2. The van der Waals surface area contributed by atoms with E-state index in [1.54, 1.807) is 24.3 Å². The Morgan fingerprint density at radius 1 is 1.25 bits per heavy atom. The number of fused-ring (bicyclic) bond motifs is 1. The number of carbonyl (C=O) groups is 2. The summed E-state index contributed by atoms with van der Waals surface area (Å²) in [5, 5.41) is 21.1. The molecule has 0 radical (unpaired) electrons. The zero-order chi connectivity index (χ0) is 20.1. The van der Waals surface area contributed by atoms with Gasteiger partial charge < -0.3 is 14.8 Å². The molecule has 0 bridgehead atoms. The van der Waals surface area contributed by atoms with Crippen molar-refractivity contribution in [1.29, 1.82) is 0 Å². The van der Waals surface area contributed by atoms with E-state index in [1.165, 1.54) is 30.0 Å². The Hall–Kier alpha value is -4.02. The molecule has 1 aromatic heterocycles. The number of para-hydroxylation sites is 1. The van der Waals surface area contributed by atoms with E-state index in [4.69, 9.17) is 9.47 Å². The number of nitrogens with one attached hydrogen (secondary N) is 1. The second-order valence-corrected chi connectivity index (χ2v) is 5.59. The molecule has 0 unspecified atom stereocenters. The molecule has 0 aliphatic rings. The number of methoxy groups -OCH3 is 1. The van der Waals surface area contributed by atoms with Crippen molar-refractivity contribution in [2.24, 2.45) is 0 Å². The van der Waals surface area contributed by atoms with Crippen molar-refractivity contribution in [2.75, 3.05) is 19.0 Å². The highest BCUT2D eigenvalue weighted by molar-refractivity contribution is 5.94. The smallest absolute Gasteiger partial charge is 0.328 e. The van der Waals surface area contributed by atoms with Crippen molar-refractivity contribution < 1.29 is 24.0 Å². The van der Waals surface area contributed by atoms with Crippen LogP contribution >= 0.6 is 0 Å². The van der Waals surface area contributed by atoms with Gasteiger partial charge in [-0.2, -0.15) is 0 Å². The molecular formula is C17H15N5O6. The van der Waals surface area contributed by atoms with E-state index in [1.807, 2.05) is 0 Å². The number of aromatic nitrogens is 3. The van der Waals surface area contributed by atoms with Gasteiger partial charge >= 0.3 is 5.97 Å². The summed E-state index contributed by atoms with van der Waals surface area (Å²) in [6.45, 7) is -0.736. The second kappa shape index (κ2) is 8.12. The molecule has 144 valence electrons. The van der Waals surface area contributed by atoms with Crippen LogP contribution in [-0.4, -0.2) is 45.5 Å². The number of non-ortho nitro benzene ring substituents is 1. The van der Waals surface area contributed by atoms with Crippen LogP contribution in [0.5, 0.6) is 5.75 Å². The van der Waals surface area contributed by atoms with Crippen molar-refractivity contribution in [3.8, 4) is 5.75 Å². The van der Waals surface area contributed by atoms with Crippen LogP contribution in [0.15, 0.2) is 42.5 Å². The molecule has 1 heterocycles. The molecule has 11 nitrogen and oxygen atoms in total. The SMILES string of the molecule is COc1cc([N+](=O)[O-])ccc1NC(=O)COC(=O)Cn1nnc2ccccc21. The maximum absolute atomic E-state index is 12.0. The van der Waals surface area contributed by atoms with Crippen LogP contribution < -0.4 is 10.1 Å². The molecule has 3 aromatic rings. The number of benzene rings is 2. The standard InChI is InChI=1S/C17H15N5O6/c1-27-15-8-11(22(25)26)6-7-13(15)18-16(23)10-28-17(24)9-21-14-5-3-2-4-12(14)19-20-21/h2-8H,9-10H2,1H3,(H,18,23). The summed E-state index contributed by atoms with van der Waals surface area (Å²) in [6.07, 6.45) is 0. The van der Waals surface area contributed by atoms with Crippen LogP contribution in [0.25, 0.3) is 11.0 Å². The predicted molar refractivity (Wildman–Crippen MR) is 96.8 cm³/mol. The normalized spacial score (nSPS) is 10.5. The van der Waals surface area contributed by atoms with Crippen molar-refractivity contribution in [1.82, 2.24) is 15.0 Å². The van der Waals surface area contributed by atoms with Gasteiger partial charge in [0.1, 0.15) is 17.8 Å². The van der Waals surface area contributed by atoms with Gasteiger partial charge in [0.2, 0.25) is 0 Å². The van der Waals surface area contributed by atoms with E-state index in [2.05, 4.69) is 15.6 Å². The number of amides is 1. The van der Waals surface area contributed by atoms with Gasteiger partial charge in [-0.1, -0.05) is 17.3 Å². The summed E-state index contributed by atoms with van der Waals surface area (Å²) in [7, 11) is 1.32. The molecule has 2 aromatic carbocycles. The molecule has 0 aliphatic carbocycles. The zero-order valence-electron chi connectivity index (χ0n) is 14.7. The van der Waals surface area contributed by atoms with Crippen LogP contribution in [0.2, 0.25) is 0 Å². The Kier molecular flexibility index (Phi) is 5.44. The Bertz CT molecular complexity index is 1050. The molecule has 0 saturated heterocycles. The number of anilines is 1. The molecule has 0 atom stereocenters. The number of nitrogens with zero attached hydrogens (tertiary/aromatic N) is 4. The fourth-order valence-electron chi connectivity index (χ4n) is 2.43. The maximum Gasteiger partial charge on any atom is 0.328 e. The highest BCUT2D eigenvalue weighted by Gasteiger charge is 2.15. The first-order chi connectivity index (χ1) is 13.5. The highest BCUT2D eigenvalue weighted by Crippen LogP contribution is 2.28. The van der Waals surface area contributed by atoms with Gasteiger partial charge in [-0.25, -0.2) is 4.68 Å². The third kappa shape index (κ3) is 4.20. The van der Waals surface area contributed by atoms with E-state index in [9.17, 15) is 19.7 Å². The summed E-state index contributed by atoms with van der Waals surface area (Å²) in [5.74, 6) is -1.17. The molecule has 11 heteroatoms. The lowest BCUT2D eigenvalue weighted by Gasteiger charge is -2.10. The third-order valence-electron chi connectivity index (χ3n) is 3.73. The third-order valence-corrected chi connectivity index (χ3v) is 3.73. The first kappa shape index (κ1) is 18.8. The Morgan fingerprint density at radius 2 is 2.04 bits per heavy atom. The van der Waals surface area contributed by atoms with Gasteiger partial charge in [0.15, 0.2) is 6.61 Å². The van der Waals surface area contributed by atoms with E-state index >= 15 is 0 Å². The van der Waals surface area contributed by atoms with Crippen molar-refractivity contribution in [3.63, 3.8) is 0 Å². The van der Waals surface area contributed by atoms with Gasteiger partial charge in [-0.05, 0) is 18.2 Å². The minimum absolute atomic E-state index is 0.114. The van der Waals surface area contributed by atoms with E-state index < -0.39 is 23.4 Å². The Labute approximate surface area is 158 Å². The predicted octanol–water partition coefficient (Wildman–Crippen LogP) is 1.53. The molecule has 3 rings (SSSR count). The van der Waals surface area contributed by atoms with Crippen molar-refractivity contribution >= 4 is 34.3 Å². The molecule has 0 saturated carbocycles. The highest BCUT2D eigenvalue weighted by atomic mass is 16.6. The molecule has 1 N–H and O–H groups in total. The molecule has 1 amide bonds. The zero-order valence-corrected chi connectivity index (χ0v) is 14.7. The van der Waals surface area contributed by atoms with Gasteiger partial charge in [-0.3, -0.25) is 19.7 Å². The van der Waals surface area contributed by atoms with Crippen LogP contribution in [0.1, 0.15) is 0 Å². The van der Waals surface area contributed by atoms with E-state index in [0.717, 1.165) is 0 Å². The van der Waals surface area contributed by atoms with Crippen LogP contribution in [0.3, 0.4) is 0 Å². The monoisotopic (exact) mass is 385 g/mol. The number of esters is 1. The fourth-order valence-corrected chi connectivity index (χ4v) is 2.43. The first-order valence-corrected chi connectivity index (χ1v) is 8.04. The minimum atomic E-state index is -0.665. The average Bonchev–Trinajstić information content (AvgIpc) is 3.09. The lowest BCUT2D eigenvalue weighted by molar-refractivity contribution is -0.384. The minimum Gasteiger partial charge on any atom is -0.494 e. The van der Waals surface area contributed by atoms with E-state index in [0.29, 0.717) is 11.0 Å². The fraction of sp³-hybridized carbons (Fsp3) is 0.176. The topological polar surface area (TPSA) is 138 Å². The molecule has 0 aliphatic heterocycles. The summed E-state index contributed by atoms with van der Waals surface area (Å²) in [4.78, 5) is 34.2. The van der Waals surface area contributed by atoms with Crippen molar-refractivity contribution in [2.45, 2.75) is 6.54 Å². The van der Waals surface area contributed by atoms with Gasteiger partial charge in [0.05, 0.1) is 29.3 Å². The number of nitro groups is 1. The number of rotatable bonds is 7. The van der Waals surface area contributed by atoms with E-state index in [-0.39, 0.29) is 23.7 Å². The van der Waals surface area contributed by atoms with Crippen LogP contribution in [0, 0.1) is 10.1 Å².